The topological polar surface area (TPSA) is 108 Å². The molecule has 1 aromatic carbocycles. The number of ether oxygens (including phenoxy) is 1. The molecule has 2 rings (SSSR count). The van der Waals surface area contributed by atoms with E-state index in [2.05, 4.69) is 10.2 Å². The third-order valence-electron chi connectivity index (χ3n) is 2.94. The number of carbonyl (C=O) groups excluding carboxylic acids is 1. The quantitative estimate of drug-likeness (QED) is 0.263. The largest absolute Gasteiger partial charge is 0.449 e. The van der Waals surface area contributed by atoms with E-state index in [1.54, 1.807) is 25.2 Å². The molecule has 0 saturated heterocycles. The van der Waals surface area contributed by atoms with Crippen molar-refractivity contribution in [2.75, 3.05) is 0 Å². The molecule has 124 valence electrons. The molecule has 0 aliphatic rings. The molecule has 0 aliphatic heterocycles. The van der Waals surface area contributed by atoms with E-state index in [9.17, 15) is 14.9 Å². The lowest BCUT2D eigenvalue weighted by Crippen LogP contribution is -2.06. The van der Waals surface area contributed by atoms with Crippen LogP contribution in [0.5, 0.6) is 0 Å². The number of carbonyl (C=O) groups is 1. The highest BCUT2D eigenvalue weighted by Gasteiger charge is 2.18. The van der Waals surface area contributed by atoms with Crippen molar-refractivity contribution in [1.29, 1.82) is 0 Å². The second-order valence-electron chi connectivity index (χ2n) is 4.71. The molecule has 0 N–H and O–H groups in total. The summed E-state index contributed by atoms with van der Waals surface area (Å²) in [5.41, 5.74) is 0.500. The molecule has 1 atom stereocenters. The van der Waals surface area contributed by atoms with Crippen LogP contribution in [0.2, 0.25) is 0 Å². The van der Waals surface area contributed by atoms with Gasteiger partial charge in [-0.05, 0) is 26.0 Å². The van der Waals surface area contributed by atoms with Crippen molar-refractivity contribution in [3.05, 3.63) is 64.6 Å². The zero-order valence-corrected chi connectivity index (χ0v) is 13.1. The number of non-ortho nitro benzene ring substituents is 1. The van der Waals surface area contributed by atoms with Crippen LogP contribution in [0.1, 0.15) is 25.8 Å². The maximum atomic E-state index is 11.6. The Morgan fingerprint density at radius 2 is 2.00 bits per heavy atom. The van der Waals surface area contributed by atoms with Gasteiger partial charge in [0.05, 0.1) is 4.92 Å². The normalized spacial score (nSPS) is 12.6. The van der Waals surface area contributed by atoms with Gasteiger partial charge in [0.1, 0.15) is 0 Å². The van der Waals surface area contributed by atoms with Gasteiger partial charge in [-0.1, -0.05) is 18.2 Å². The molecule has 1 aromatic heterocycles. The number of hydrogen-bond acceptors (Lipinski definition) is 7. The minimum Gasteiger partial charge on any atom is -0.449 e. The Morgan fingerprint density at radius 3 is 2.62 bits per heavy atom. The van der Waals surface area contributed by atoms with Crippen LogP contribution in [0.25, 0.3) is 11.5 Å². The third-order valence-corrected chi connectivity index (χ3v) is 2.94. The molecule has 0 saturated carbocycles. The summed E-state index contributed by atoms with van der Waals surface area (Å²) < 4.78 is 10.6. The lowest BCUT2D eigenvalue weighted by molar-refractivity contribution is -0.384. The molecule has 8 nitrogen and oxygen atoms in total. The van der Waals surface area contributed by atoms with E-state index < -0.39 is 17.0 Å². The van der Waals surface area contributed by atoms with E-state index in [-0.39, 0.29) is 17.5 Å². The van der Waals surface area contributed by atoms with E-state index in [0.717, 1.165) is 0 Å². The zero-order valence-electron chi connectivity index (χ0n) is 13.1. The van der Waals surface area contributed by atoms with Crippen LogP contribution in [-0.4, -0.2) is 21.1 Å². The number of nitro groups is 1. The van der Waals surface area contributed by atoms with E-state index in [4.69, 9.17) is 9.15 Å². The van der Waals surface area contributed by atoms with Crippen LogP contribution in [-0.2, 0) is 9.53 Å². The lowest BCUT2D eigenvalue weighted by Gasteiger charge is -2.06. The predicted octanol–water partition coefficient (Wildman–Crippen LogP) is 3.38. The van der Waals surface area contributed by atoms with Crippen molar-refractivity contribution in [2.45, 2.75) is 20.0 Å². The molecule has 0 amide bonds. The molecule has 24 heavy (non-hydrogen) atoms. The van der Waals surface area contributed by atoms with E-state index >= 15 is 0 Å². The van der Waals surface area contributed by atoms with Crippen molar-refractivity contribution >= 4 is 11.7 Å². The summed E-state index contributed by atoms with van der Waals surface area (Å²) in [7, 11) is 0. The number of benzene rings is 1. The Bertz CT molecular complexity index is 777. The maximum absolute atomic E-state index is 11.6. The first-order chi connectivity index (χ1) is 11.5. The fraction of sp³-hybridized carbons (Fsp3) is 0.188. The first kappa shape index (κ1) is 17.1. The second kappa shape index (κ2) is 7.82. The minimum atomic E-state index is -0.716. The molecule has 0 bridgehead atoms. The lowest BCUT2D eigenvalue weighted by atomic mass is 10.2. The molecule has 1 heterocycles. The zero-order chi connectivity index (χ0) is 17.5. The van der Waals surface area contributed by atoms with Crippen LogP contribution >= 0.6 is 0 Å². The van der Waals surface area contributed by atoms with Gasteiger partial charge in [-0.3, -0.25) is 10.1 Å². The number of hydrogen-bond donors (Lipinski definition) is 0. The van der Waals surface area contributed by atoms with Gasteiger partial charge in [0, 0.05) is 23.8 Å². The highest BCUT2D eigenvalue weighted by atomic mass is 16.6. The summed E-state index contributed by atoms with van der Waals surface area (Å²) in [6.45, 7) is 3.44. The fourth-order valence-corrected chi connectivity index (χ4v) is 1.75. The molecule has 0 radical (unpaired) electrons. The van der Waals surface area contributed by atoms with Crippen LogP contribution in [0, 0.1) is 10.1 Å². The Balaban J connectivity index is 2.06. The molecular weight excluding hydrogens is 314 g/mol. The Kier molecular flexibility index (Phi) is 5.56. The van der Waals surface area contributed by atoms with Crippen LogP contribution in [0.3, 0.4) is 0 Å². The van der Waals surface area contributed by atoms with E-state index in [1.165, 1.54) is 30.3 Å². The van der Waals surface area contributed by atoms with Gasteiger partial charge >= 0.3 is 5.97 Å². The van der Waals surface area contributed by atoms with Crippen molar-refractivity contribution in [1.82, 2.24) is 10.2 Å². The summed E-state index contributed by atoms with van der Waals surface area (Å²) in [6, 6.07) is 5.70. The molecule has 0 fully saturated rings. The van der Waals surface area contributed by atoms with Gasteiger partial charge in [0.2, 0.25) is 5.89 Å². The van der Waals surface area contributed by atoms with Crippen LogP contribution < -0.4 is 0 Å². The molecule has 1 unspecified atom stereocenters. The average molecular weight is 329 g/mol. The summed E-state index contributed by atoms with van der Waals surface area (Å²) in [5, 5.41) is 18.3. The number of rotatable bonds is 6. The second-order valence-corrected chi connectivity index (χ2v) is 4.71. The Morgan fingerprint density at radius 1 is 1.29 bits per heavy atom. The van der Waals surface area contributed by atoms with E-state index in [0.29, 0.717) is 5.56 Å². The molecule has 8 heteroatoms. The number of nitro benzene ring substituents is 1. The van der Waals surface area contributed by atoms with Crippen molar-refractivity contribution in [2.24, 2.45) is 0 Å². The standard InChI is InChI=1S/C16H15N3O5/c1-3-4-5-6-14(20)23-11(2)15-17-18-16(24-15)12-7-9-13(10-8-12)19(21)22/h3-11H,1-2H3/b4-3+,6-5+. The first-order valence-corrected chi connectivity index (χ1v) is 7.09. The average Bonchev–Trinajstić information content (AvgIpc) is 3.05. The van der Waals surface area contributed by atoms with Crippen molar-refractivity contribution in [3.8, 4) is 11.5 Å². The number of allylic oxidation sites excluding steroid dienone is 3. The first-order valence-electron chi connectivity index (χ1n) is 7.09. The molecule has 0 spiro atoms. The third kappa shape index (κ3) is 4.35. The molecular formula is C16H15N3O5. The van der Waals surface area contributed by atoms with Gasteiger partial charge in [0.25, 0.3) is 11.6 Å². The smallest absolute Gasteiger partial charge is 0.331 e. The Hall–Kier alpha value is -3.29. The SMILES string of the molecule is C/C=C/C=C/C(=O)OC(C)c1nnc(-c2ccc([N+](=O)[O-])cc2)o1. The summed E-state index contributed by atoms with van der Waals surface area (Å²) >= 11 is 0. The van der Waals surface area contributed by atoms with E-state index in [1.807, 2.05) is 6.92 Å². The highest BCUT2D eigenvalue weighted by Crippen LogP contribution is 2.24. The highest BCUT2D eigenvalue weighted by molar-refractivity contribution is 5.82. The van der Waals surface area contributed by atoms with Gasteiger partial charge in [-0.25, -0.2) is 4.79 Å². The maximum Gasteiger partial charge on any atom is 0.331 e. The number of nitrogens with zero attached hydrogens (tertiary/aromatic N) is 3. The summed E-state index contributed by atoms with van der Waals surface area (Å²) in [5.74, 6) is -0.209. The van der Waals surface area contributed by atoms with Gasteiger partial charge < -0.3 is 9.15 Å². The van der Waals surface area contributed by atoms with Gasteiger partial charge in [0.15, 0.2) is 6.10 Å². The summed E-state index contributed by atoms with van der Waals surface area (Å²) in [6.07, 6.45) is 5.61. The van der Waals surface area contributed by atoms with Crippen molar-refractivity contribution < 1.29 is 18.9 Å². The van der Waals surface area contributed by atoms with Gasteiger partial charge in [-0.15, -0.1) is 10.2 Å². The van der Waals surface area contributed by atoms with Crippen LogP contribution in [0.4, 0.5) is 5.69 Å². The Labute approximate surface area is 137 Å². The minimum absolute atomic E-state index is 0.0336. The molecule has 2 aromatic rings. The number of aromatic nitrogens is 2. The fourth-order valence-electron chi connectivity index (χ4n) is 1.75. The predicted molar refractivity (Wildman–Crippen MR) is 84.8 cm³/mol. The monoisotopic (exact) mass is 329 g/mol. The van der Waals surface area contributed by atoms with Crippen molar-refractivity contribution in [3.63, 3.8) is 0 Å². The number of esters is 1. The van der Waals surface area contributed by atoms with Gasteiger partial charge in [-0.2, -0.15) is 0 Å². The molecule has 0 aliphatic carbocycles. The van der Waals surface area contributed by atoms with Crippen LogP contribution in [0.15, 0.2) is 53.0 Å². The summed E-state index contributed by atoms with van der Waals surface area (Å²) in [4.78, 5) is 21.7.